The maximum absolute atomic E-state index is 12.7. The van der Waals surface area contributed by atoms with E-state index in [0.717, 1.165) is 6.54 Å². The van der Waals surface area contributed by atoms with Crippen LogP contribution in [0.2, 0.25) is 0 Å². The third-order valence-corrected chi connectivity index (χ3v) is 3.77. The average Bonchev–Trinajstić information content (AvgIpc) is 2.92. The van der Waals surface area contributed by atoms with Gasteiger partial charge in [0.25, 0.3) is 11.2 Å². The van der Waals surface area contributed by atoms with Crippen molar-refractivity contribution in [2.75, 3.05) is 27.2 Å². The second-order valence-corrected chi connectivity index (χ2v) is 5.91. The Hall–Kier alpha value is -1.97. The first-order chi connectivity index (χ1) is 10.9. The number of H-pyrrole nitrogens is 1. The standard InChI is InChI=1S/C14H23N5O4/c1-16(2)5-4-6-19-13(22)11-12(17(3)14(19)23)15-9-18(11)7-10(21)8-20/h9-10,20-21H,4-8H2,1-3H3/p+1. The van der Waals surface area contributed by atoms with Crippen molar-refractivity contribution < 1.29 is 14.8 Å². The average molecular weight is 326 g/mol. The van der Waals surface area contributed by atoms with Gasteiger partial charge in [-0.2, -0.15) is 0 Å². The number of aliphatic hydroxyl groups excluding tert-OH is 2. The third kappa shape index (κ3) is 3.52. The molecule has 0 aliphatic heterocycles. The summed E-state index contributed by atoms with van der Waals surface area (Å²) in [6.07, 6.45) is 1.23. The number of rotatable bonds is 7. The highest BCUT2D eigenvalue weighted by molar-refractivity contribution is 5.64. The van der Waals surface area contributed by atoms with Gasteiger partial charge in [0, 0.05) is 13.6 Å². The minimum atomic E-state index is -0.974. The SMILES string of the molecule is CN(C)CCCn1c(=O)c2c([nH]c[n+]2CC(O)CO)n(C)c1=O. The van der Waals surface area contributed by atoms with E-state index in [1.807, 2.05) is 19.0 Å². The predicted octanol–water partition coefficient (Wildman–Crippen LogP) is -2.38. The zero-order valence-electron chi connectivity index (χ0n) is 13.7. The number of aromatic nitrogens is 4. The molecule has 2 aromatic rings. The molecular formula is C14H24N5O4+. The third-order valence-electron chi connectivity index (χ3n) is 3.77. The minimum Gasteiger partial charge on any atom is -0.394 e. The summed E-state index contributed by atoms with van der Waals surface area (Å²) in [5, 5.41) is 18.6. The van der Waals surface area contributed by atoms with Crippen LogP contribution in [0.5, 0.6) is 0 Å². The lowest BCUT2D eigenvalue weighted by Crippen LogP contribution is -2.47. The molecule has 23 heavy (non-hydrogen) atoms. The van der Waals surface area contributed by atoms with E-state index < -0.39 is 18.3 Å². The Balaban J connectivity index is 2.49. The van der Waals surface area contributed by atoms with E-state index in [2.05, 4.69) is 4.98 Å². The molecule has 1 unspecified atom stereocenters. The Bertz CT molecular complexity index is 789. The van der Waals surface area contributed by atoms with E-state index in [4.69, 9.17) is 5.11 Å². The number of aromatic amines is 1. The lowest BCUT2D eigenvalue weighted by Gasteiger charge is -2.11. The molecule has 0 aromatic carbocycles. The quantitative estimate of drug-likeness (QED) is 0.493. The van der Waals surface area contributed by atoms with E-state index in [1.54, 1.807) is 7.05 Å². The topological polar surface area (TPSA) is 107 Å². The summed E-state index contributed by atoms with van der Waals surface area (Å²) in [6.45, 7) is 0.765. The molecule has 0 radical (unpaired) electrons. The summed E-state index contributed by atoms with van der Waals surface area (Å²) >= 11 is 0. The zero-order valence-corrected chi connectivity index (χ0v) is 13.7. The van der Waals surface area contributed by atoms with Crippen molar-refractivity contribution in [3.63, 3.8) is 0 Å². The van der Waals surface area contributed by atoms with Gasteiger partial charge in [-0.05, 0) is 27.1 Å². The molecule has 128 valence electrons. The number of aliphatic hydroxyl groups is 2. The van der Waals surface area contributed by atoms with Gasteiger partial charge in [-0.3, -0.25) is 13.9 Å². The maximum Gasteiger partial charge on any atom is 0.334 e. The Morgan fingerprint density at radius 1 is 1.39 bits per heavy atom. The van der Waals surface area contributed by atoms with Crippen LogP contribution in [0.25, 0.3) is 11.2 Å². The van der Waals surface area contributed by atoms with Crippen LogP contribution < -0.4 is 15.8 Å². The molecule has 0 saturated carbocycles. The smallest absolute Gasteiger partial charge is 0.334 e. The van der Waals surface area contributed by atoms with Crippen molar-refractivity contribution in [2.45, 2.75) is 25.6 Å². The predicted molar refractivity (Wildman–Crippen MR) is 84.3 cm³/mol. The molecule has 2 heterocycles. The van der Waals surface area contributed by atoms with Gasteiger partial charge >= 0.3 is 11.2 Å². The summed E-state index contributed by atoms with van der Waals surface area (Å²) in [7, 11) is 5.46. The molecule has 0 bridgehead atoms. The van der Waals surface area contributed by atoms with Gasteiger partial charge in [0.1, 0.15) is 12.6 Å². The fourth-order valence-corrected chi connectivity index (χ4v) is 2.55. The van der Waals surface area contributed by atoms with E-state index >= 15 is 0 Å². The number of hydrogen-bond donors (Lipinski definition) is 3. The van der Waals surface area contributed by atoms with Gasteiger partial charge in [-0.1, -0.05) is 0 Å². The molecule has 0 amide bonds. The van der Waals surface area contributed by atoms with Crippen LogP contribution in [-0.4, -0.2) is 62.6 Å². The molecule has 0 fully saturated rings. The monoisotopic (exact) mass is 326 g/mol. The van der Waals surface area contributed by atoms with Crippen LogP contribution in [0, 0.1) is 0 Å². The number of nitrogens with zero attached hydrogens (tertiary/aromatic N) is 4. The molecule has 3 N–H and O–H groups in total. The zero-order chi connectivity index (χ0) is 17.1. The number of nitrogens with one attached hydrogen (secondary N) is 1. The lowest BCUT2D eigenvalue weighted by molar-refractivity contribution is -0.679. The molecule has 0 spiro atoms. The van der Waals surface area contributed by atoms with Gasteiger partial charge in [0.2, 0.25) is 6.33 Å². The van der Waals surface area contributed by atoms with Crippen molar-refractivity contribution in [3.8, 4) is 0 Å². The molecule has 1 atom stereocenters. The summed E-state index contributed by atoms with van der Waals surface area (Å²) in [4.78, 5) is 29.9. The van der Waals surface area contributed by atoms with Crippen LogP contribution in [0.15, 0.2) is 15.9 Å². The maximum atomic E-state index is 12.7. The first kappa shape index (κ1) is 17.4. The molecule has 2 aromatic heterocycles. The molecule has 2 rings (SSSR count). The largest absolute Gasteiger partial charge is 0.394 e. The number of hydrogen-bond acceptors (Lipinski definition) is 5. The Morgan fingerprint density at radius 3 is 2.70 bits per heavy atom. The second kappa shape index (κ2) is 7.07. The first-order valence-electron chi connectivity index (χ1n) is 7.50. The highest BCUT2D eigenvalue weighted by atomic mass is 16.3. The van der Waals surface area contributed by atoms with Crippen LogP contribution in [0.1, 0.15) is 6.42 Å². The fraction of sp³-hybridized carbons (Fsp3) is 0.643. The van der Waals surface area contributed by atoms with E-state index in [-0.39, 0.29) is 12.2 Å². The molecule has 0 aliphatic rings. The normalized spacial score (nSPS) is 13.1. The fourth-order valence-electron chi connectivity index (χ4n) is 2.55. The number of imidazole rings is 1. The van der Waals surface area contributed by atoms with E-state index in [9.17, 15) is 14.7 Å². The van der Waals surface area contributed by atoms with Crippen molar-refractivity contribution in [2.24, 2.45) is 7.05 Å². The van der Waals surface area contributed by atoms with Crippen LogP contribution in [-0.2, 0) is 20.1 Å². The summed E-state index contributed by atoms with van der Waals surface area (Å²) in [5.74, 6) is 0. The van der Waals surface area contributed by atoms with Crippen molar-refractivity contribution >= 4 is 11.2 Å². The van der Waals surface area contributed by atoms with Gasteiger partial charge in [-0.15, -0.1) is 0 Å². The second-order valence-electron chi connectivity index (χ2n) is 5.91. The highest BCUT2D eigenvalue weighted by Gasteiger charge is 2.22. The summed E-state index contributed by atoms with van der Waals surface area (Å²) in [6, 6.07) is 0. The van der Waals surface area contributed by atoms with Crippen molar-refractivity contribution in [1.82, 2.24) is 19.0 Å². The van der Waals surface area contributed by atoms with E-state index in [0.29, 0.717) is 24.1 Å². The summed E-state index contributed by atoms with van der Waals surface area (Å²) < 4.78 is 4.12. The van der Waals surface area contributed by atoms with Crippen LogP contribution >= 0.6 is 0 Å². The van der Waals surface area contributed by atoms with Gasteiger partial charge in [-0.25, -0.2) is 14.3 Å². The molecule has 0 aliphatic carbocycles. The van der Waals surface area contributed by atoms with E-state index in [1.165, 1.54) is 20.0 Å². The molecular weight excluding hydrogens is 302 g/mol. The van der Waals surface area contributed by atoms with Gasteiger partial charge < -0.3 is 15.1 Å². The van der Waals surface area contributed by atoms with Gasteiger partial charge in [0.05, 0.1) is 6.61 Å². The first-order valence-corrected chi connectivity index (χ1v) is 7.50. The van der Waals surface area contributed by atoms with Gasteiger partial charge in [0.15, 0.2) is 0 Å². The van der Waals surface area contributed by atoms with Crippen molar-refractivity contribution in [3.05, 3.63) is 27.2 Å². The lowest BCUT2D eigenvalue weighted by atomic mass is 10.3. The van der Waals surface area contributed by atoms with Crippen LogP contribution in [0.4, 0.5) is 0 Å². The molecule has 0 saturated heterocycles. The Labute approximate surface area is 133 Å². The minimum absolute atomic E-state index is 0.0711. The summed E-state index contributed by atoms with van der Waals surface area (Å²) in [5.41, 5.74) is -0.0651. The number of aryl methyl sites for hydroxylation is 1. The molecule has 9 nitrogen and oxygen atoms in total. The number of fused-ring (bicyclic) bond motifs is 1. The highest BCUT2D eigenvalue weighted by Crippen LogP contribution is 1.99. The van der Waals surface area contributed by atoms with Crippen molar-refractivity contribution in [1.29, 1.82) is 0 Å². The molecule has 9 heteroatoms. The van der Waals surface area contributed by atoms with Crippen LogP contribution in [0.3, 0.4) is 0 Å². The Kier molecular flexibility index (Phi) is 5.34. The Morgan fingerprint density at radius 2 is 2.09 bits per heavy atom.